The second-order valence-electron chi connectivity index (χ2n) is 6.83. The summed E-state index contributed by atoms with van der Waals surface area (Å²) in [6.45, 7) is 9.24. The molecule has 158 valence electrons. The van der Waals surface area contributed by atoms with Crippen molar-refractivity contribution in [1.82, 2.24) is 14.9 Å². The van der Waals surface area contributed by atoms with E-state index < -0.39 is 10.0 Å². The number of ether oxygens (including phenoxy) is 2. The average Bonchev–Trinajstić information content (AvgIpc) is 3.12. The number of nitrogens with one attached hydrogen (secondary N) is 2. The molecule has 0 aromatic heterocycles. The van der Waals surface area contributed by atoms with Gasteiger partial charge in [-0.15, -0.1) is 0 Å². The summed E-state index contributed by atoms with van der Waals surface area (Å²) in [6, 6.07) is 4.73. The van der Waals surface area contributed by atoms with E-state index >= 15 is 0 Å². The molecule has 1 aromatic carbocycles. The Hall–Kier alpha value is -1.84. The van der Waals surface area contributed by atoms with Gasteiger partial charge in [0, 0.05) is 18.2 Å². The van der Waals surface area contributed by atoms with Crippen molar-refractivity contribution >= 4 is 15.9 Å². The number of carbonyl (C=O) groups excluding carboxylic acids is 1. The first-order chi connectivity index (χ1) is 13.3. The topological polar surface area (TPSA) is 97.0 Å². The summed E-state index contributed by atoms with van der Waals surface area (Å²) in [5.74, 6) is 0.600. The maximum atomic E-state index is 12.2. The van der Waals surface area contributed by atoms with Gasteiger partial charge in [-0.25, -0.2) is 13.1 Å². The minimum absolute atomic E-state index is 0.0365. The van der Waals surface area contributed by atoms with Gasteiger partial charge in [0.15, 0.2) is 11.5 Å². The highest BCUT2D eigenvalue weighted by Gasteiger charge is 2.18. The Morgan fingerprint density at radius 2 is 1.93 bits per heavy atom. The Morgan fingerprint density at radius 3 is 2.64 bits per heavy atom. The van der Waals surface area contributed by atoms with Crippen LogP contribution in [0, 0.1) is 0 Å². The predicted molar refractivity (Wildman–Crippen MR) is 108 cm³/mol. The van der Waals surface area contributed by atoms with Gasteiger partial charge in [0.05, 0.1) is 5.75 Å². The molecule has 0 unspecified atom stereocenters. The SMILES string of the molecule is CCN(CC)CCC[C@H](C)NS(=O)(=O)CCNC(=O)c1ccc2c(c1)OCO2. The summed E-state index contributed by atoms with van der Waals surface area (Å²) in [6.07, 6.45) is 1.71. The van der Waals surface area contributed by atoms with Gasteiger partial charge in [0.2, 0.25) is 16.8 Å². The number of hydrogen-bond donors (Lipinski definition) is 2. The lowest BCUT2D eigenvalue weighted by atomic mass is 10.2. The number of hydrogen-bond acceptors (Lipinski definition) is 6. The van der Waals surface area contributed by atoms with Crippen molar-refractivity contribution in [2.24, 2.45) is 0 Å². The highest BCUT2D eigenvalue weighted by molar-refractivity contribution is 7.89. The standard InChI is InChI=1S/C19H31N3O5S/c1-4-22(5-2)11-6-7-15(3)21-28(24,25)12-10-20-19(23)16-8-9-17-18(13-16)27-14-26-17/h8-9,13,15,21H,4-7,10-12,14H2,1-3H3,(H,20,23)/t15-/m0/s1. The molecule has 0 bridgehead atoms. The first-order valence-corrected chi connectivity index (χ1v) is 11.4. The van der Waals surface area contributed by atoms with E-state index in [2.05, 4.69) is 28.8 Å². The lowest BCUT2D eigenvalue weighted by molar-refractivity contribution is 0.0955. The van der Waals surface area contributed by atoms with Crippen LogP contribution in [-0.2, 0) is 10.0 Å². The van der Waals surface area contributed by atoms with Crippen LogP contribution in [0.25, 0.3) is 0 Å². The average molecular weight is 414 g/mol. The monoisotopic (exact) mass is 413 g/mol. The molecule has 28 heavy (non-hydrogen) atoms. The smallest absolute Gasteiger partial charge is 0.251 e. The molecule has 2 N–H and O–H groups in total. The number of benzene rings is 1. The van der Waals surface area contributed by atoms with Crippen molar-refractivity contribution in [2.75, 3.05) is 38.7 Å². The zero-order valence-electron chi connectivity index (χ0n) is 16.9. The van der Waals surface area contributed by atoms with Crippen LogP contribution in [-0.4, -0.2) is 64.0 Å². The molecule has 1 aliphatic heterocycles. The molecule has 0 saturated heterocycles. The van der Waals surface area contributed by atoms with Gasteiger partial charge >= 0.3 is 0 Å². The minimum Gasteiger partial charge on any atom is -0.454 e. The second-order valence-corrected chi connectivity index (χ2v) is 8.70. The largest absolute Gasteiger partial charge is 0.454 e. The van der Waals surface area contributed by atoms with Crippen molar-refractivity contribution in [3.05, 3.63) is 23.8 Å². The highest BCUT2D eigenvalue weighted by atomic mass is 32.2. The van der Waals surface area contributed by atoms with Gasteiger partial charge in [0.1, 0.15) is 0 Å². The number of fused-ring (bicyclic) bond motifs is 1. The van der Waals surface area contributed by atoms with Gasteiger partial charge in [-0.05, 0) is 57.6 Å². The molecule has 0 radical (unpaired) electrons. The lowest BCUT2D eigenvalue weighted by Crippen LogP contribution is -2.38. The Morgan fingerprint density at radius 1 is 1.21 bits per heavy atom. The van der Waals surface area contributed by atoms with Crippen LogP contribution in [0.2, 0.25) is 0 Å². The predicted octanol–water partition coefficient (Wildman–Crippen LogP) is 1.57. The molecule has 0 spiro atoms. The van der Waals surface area contributed by atoms with Crippen LogP contribution >= 0.6 is 0 Å². The summed E-state index contributed by atoms with van der Waals surface area (Å²) in [5, 5.41) is 2.63. The normalized spacial score (nSPS) is 14.3. The van der Waals surface area contributed by atoms with E-state index in [-0.39, 0.29) is 31.0 Å². The molecular formula is C19H31N3O5S. The third kappa shape index (κ3) is 6.96. The Balaban J connectivity index is 1.71. The van der Waals surface area contributed by atoms with E-state index in [1.165, 1.54) is 0 Å². The molecule has 0 fully saturated rings. The Bertz CT molecular complexity index is 750. The summed E-state index contributed by atoms with van der Waals surface area (Å²) in [7, 11) is -3.45. The summed E-state index contributed by atoms with van der Waals surface area (Å²) in [4.78, 5) is 14.5. The molecule has 1 aromatic rings. The fourth-order valence-corrected chi connectivity index (χ4v) is 4.24. The minimum atomic E-state index is -3.45. The molecule has 2 rings (SSSR count). The zero-order valence-corrected chi connectivity index (χ0v) is 17.7. The van der Waals surface area contributed by atoms with Crippen LogP contribution in [0.4, 0.5) is 0 Å². The van der Waals surface area contributed by atoms with Crippen LogP contribution in [0.5, 0.6) is 11.5 Å². The van der Waals surface area contributed by atoms with Crippen molar-refractivity contribution < 1.29 is 22.7 Å². The number of sulfonamides is 1. The maximum absolute atomic E-state index is 12.2. The van der Waals surface area contributed by atoms with Crippen LogP contribution in [0.1, 0.15) is 44.0 Å². The van der Waals surface area contributed by atoms with E-state index in [0.717, 1.165) is 32.5 Å². The Labute approximate surface area is 167 Å². The maximum Gasteiger partial charge on any atom is 0.251 e. The molecule has 1 aliphatic rings. The second kappa shape index (κ2) is 10.6. The number of amides is 1. The van der Waals surface area contributed by atoms with Crippen molar-refractivity contribution in [1.29, 1.82) is 0 Å². The summed E-state index contributed by atoms with van der Waals surface area (Å²) < 4.78 is 37.6. The van der Waals surface area contributed by atoms with E-state index in [9.17, 15) is 13.2 Å². The molecule has 8 nitrogen and oxygen atoms in total. The quantitative estimate of drug-likeness (QED) is 0.540. The van der Waals surface area contributed by atoms with E-state index in [0.29, 0.717) is 17.1 Å². The molecule has 1 heterocycles. The van der Waals surface area contributed by atoms with Crippen molar-refractivity contribution in [2.45, 2.75) is 39.7 Å². The number of nitrogens with zero attached hydrogens (tertiary/aromatic N) is 1. The highest BCUT2D eigenvalue weighted by Crippen LogP contribution is 2.32. The fraction of sp³-hybridized carbons (Fsp3) is 0.632. The van der Waals surface area contributed by atoms with Gasteiger partial charge in [-0.1, -0.05) is 13.8 Å². The van der Waals surface area contributed by atoms with E-state index in [1.807, 2.05) is 6.92 Å². The number of rotatable bonds is 12. The fourth-order valence-electron chi connectivity index (χ4n) is 3.02. The lowest BCUT2D eigenvalue weighted by Gasteiger charge is -2.19. The van der Waals surface area contributed by atoms with Crippen LogP contribution < -0.4 is 19.5 Å². The summed E-state index contributed by atoms with van der Waals surface area (Å²) >= 11 is 0. The van der Waals surface area contributed by atoms with Crippen molar-refractivity contribution in [3.63, 3.8) is 0 Å². The van der Waals surface area contributed by atoms with Crippen LogP contribution in [0.3, 0.4) is 0 Å². The van der Waals surface area contributed by atoms with Gasteiger partial charge in [0.25, 0.3) is 5.91 Å². The first kappa shape index (κ1) is 22.4. The zero-order chi connectivity index (χ0) is 20.6. The van der Waals surface area contributed by atoms with E-state index in [4.69, 9.17) is 9.47 Å². The molecule has 1 atom stereocenters. The molecule has 9 heteroatoms. The molecule has 0 saturated carbocycles. The summed E-state index contributed by atoms with van der Waals surface area (Å²) in [5.41, 5.74) is 0.402. The molecular weight excluding hydrogens is 382 g/mol. The van der Waals surface area contributed by atoms with Crippen molar-refractivity contribution in [3.8, 4) is 11.5 Å². The van der Waals surface area contributed by atoms with Crippen LogP contribution in [0.15, 0.2) is 18.2 Å². The van der Waals surface area contributed by atoms with Gasteiger partial charge in [-0.3, -0.25) is 4.79 Å². The number of carbonyl (C=O) groups is 1. The Kier molecular flexibility index (Phi) is 8.53. The third-order valence-electron chi connectivity index (χ3n) is 4.68. The van der Waals surface area contributed by atoms with Gasteiger partial charge < -0.3 is 19.7 Å². The van der Waals surface area contributed by atoms with Gasteiger partial charge in [-0.2, -0.15) is 0 Å². The van der Waals surface area contributed by atoms with E-state index in [1.54, 1.807) is 18.2 Å². The third-order valence-corrected chi connectivity index (χ3v) is 6.18. The first-order valence-electron chi connectivity index (χ1n) is 9.74. The molecule has 0 aliphatic carbocycles. The molecule has 1 amide bonds.